The largest absolute Gasteiger partial charge is 0.329 e. The lowest BCUT2D eigenvalue weighted by Gasteiger charge is -2.33. The fraction of sp³-hybridized carbons (Fsp3) is 1.00. The Bertz CT molecular complexity index is 298. The van der Waals surface area contributed by atoms with Crippen LogP contribution in [0.3, 0.4) is 0 Å². The summed E-state index contributed by atoms with van der Waals surface area (Å²) >= 11 is 0. The fourth-order valence-corrected chi connectivity index (χ4v) is 4.09. The highest BCUT2D eigenvalue weighted by Gasteiger charge is 2.40. The molecule has 0 aromatic heterocycles. The van der Waals surface area contributed by atoms with Gasteiger partial charge in [-0.25, -0.2) is 8.42 Å². The normalized spacial score (nSPS) is 30.1. The molecule has 82 valence electrons. The van der Waals surface area contributed by atoms with Crippen LogP contribution in [0.25, 0.3) is 0 Å². The van der Waals surface area contributed by atoms with Crippen molar-refractivity contribution in [3.05, 3.63) is 0 Å². The Morgan fingerprint density at radius 3 is 2.57 bits per heavy atom. The molecule has 14 heavy (non-hydrogen) atoms. The molecule has 1 aliphatic heterocycles. The van der Waals surface area contributed by atoms with Gasteiger partial charge in [0.1, 0.15) is 0 Å². The number of hydrogen-bond acceptors (Lipinski definition) is 3. The van der Waals surface area contributed by atoms with Crippen molar-refractivity contribution in [3.63, 3.8) is 0 Å². The van der Waals surface area contributed by atoms with Gasteiger partial charge in [0, 0.05) is 19.1 Å². The van der Waals surface area contributed by atoms with Crippen molar-refractivity contribution in [2.75, 3.05) is 18.8 Å². The Labute approximate surface area is 85.5 Å². The zero-order chi connectivity index (χ0) is 10.2. The van der Waals surface area contributed by atoms with Crippen LogP contribution in [-0.2, 0) is 10.0 Å². The second-order valence-electron chi connectivity index (χ2n) is 4.27. The average molecular weight is 218 g/mol. The molecule has 1 saturated carbocycles. The molecule has 1 atom stereocenters. The Hall–Kier alpha value is -0.130. The van der Waals surface area contributed by atoms with E-state index in [9.17, 15) is 8.42 Å². The molecule has 1 saturated heterocycles. The Balaban J connectivity index is 2.13. The quantitative estimate of drug-likeness (QED) is 0.733. The zero-order valence-electron chi connectivity index (χ0n) is 8.35. The minimum atomic E-state index is -2.99. The van der Waals surface area contributed by atoms with Crippen molar-refractivity contribution in [3.8, 4) is 0 Å². The summed E-state index contributed by atoms with van der Waals surface area (Å²) in [6.45, 7) is 1.16. The van der Waals surface area contributed by atoms with Crippen LogP contribution >= 0.6 is 0 Å². The third-order valence-electron chi connectivity index (χ3n) is 3.17. The fourth-order valence-electron chi connectivity index (χ4n) is 2.21. The van der Waals surface area contributed by atoms with E-state index < -0.39 is 10.0 Å². The van der Waals surface area contributed by atoms with Gasteiger partial charge in [0.2, 0.25) is 10.0 Å². The van der Waals surface area contributed by atoms with Gasteiger partial charge < -0.3 is 5.73 Å². The van der Waals surface area contributed by atoms with Crippen molar-refractivity contribution in [2.24, 2.45) is 11.7 Å². The molecule has 4 nitrogen and oxygen atoms in total. The molecule has 2 rings (SSSR count). The third kappa shape index (κ3) is 1.94. The maximum Gasteiger partial charge on any atom is 0.214 e. The molecule has 2 fully saturated rings. The van der Waals surface area contributed by atoms with Crippen LogP contribution in [0.4, 0.5) is 0 Å². The second-order valence-corrected chi connectivity index (χ2v) is 6.32. The zero-order valence-corrected chi connectivity index (χ0v) is 9.17. The van der Waals surface area contributed by atoms with Crippen LogP contribution in [0, 0.1) is 5.92 Å². The molecule has 0 bridgehead atoms. The summed E-state index contributed by atoms with van der Waals surface area (Å²) in [4.78, 5) is 0. The van der Waals surface area contributed by atoms with E-state index in [0.717, 1.165) is 25.7 Å². The summed E-state index contributed by atoms with van der Waals surface area (Å²) in [6, 6.07) is 0.0836. The van der Waals surface area contributed by atoms with Crippen LogP contribution in [0.2, 0.25) is 0 Å². The van der Waals surface area contributed by atoms with E-state index in [-0.39, 0.29) is 6.04 Å². The first-order valence-corrected chi connectivity index (χ1v) is 6.95. The van der Waals surface area contributed by atoms with Gasteiger partial charge in [-0.15, -0.1) is 0 Å². The Kier molecular flexibility index (Phi) is 2.81. The number of nitrogens with zero attached hydrogens (tertiary/aromatic N) is 1. The van der Waals surface area contributed by atoms with Gasteiger partial charge in [0.15, 0.2) is 0 Å². The van der Waals surface area contributed by atoms with Gasteiger partial charge in [-0.1, -0.05) is 0 Å². The van der Waals surface area contributed by atoms with Crippen molar-refractivity contribution in [1.82, 2.24) is 4.31 Å². The summed E-state index contributed by atoms with van der Waals surface area (Å²) in [5.41, 5.74) is 5.66. The van der Waals surface area contributed by atoms with Gasteiger partial charge in [-0.3, -0.25) is 0 Å². The molecule has 0 spiro atoms. The maximum atomic E-state index is 11.8. The van der Waals surface area contributed by atoms with E-state index in [2.05, 4.69) is 0 Å². The highest BCUT2D eigenvalue weighted by Crippen LogP contribution is 2.36. The second kappa shape index (κ2) is 3.79. The van der Waals surface area contributed by atoms with Crippen molar-refractivity contribution in [1.29, 1.82) is 0 Å². The van der Waals surface area contributed by atoms with Crippen molar-refractivity contribution >= 4 is 10.0 Å². The van der Waals surface area contributed by atoms with E-state index >= 15 is 0 Å². The highest BCUT2D eigenvalue weighted by atomic mass is 32.2. The number of nitrogens with two attached hydrogens (primary N) is 1. The monoisotopic (exact) mass is 218 g/mol. The first-order chi connectivity index (χ1) is 6.65. The first kappa shape index (κ1) is 10.4. The molecule has 0 aromatic rings. The highest BCUT2D eigenvalue weighted by molar-refractivity contribution is 7.89. The topological polar surface area (TPSA) is 63.4 Å². The number of sulfonamides is 1. The van der Waals surface area contributed by atoms with Crippen molar-refractivity contribution < 1.29 is 8.42 Å². The van der Waals surface area contributed by atoms with Crippen LogP contribution < -0.4 is 5.73 Å². The third-order valence-corrected chi connectivity index (χ3v) is 5.14. The standard InChI is InChI=1S/C9H18N2O2S/c10-7-9(8-3-4-8)11-5-1-2-6-14(11,12)13/h8-9H,1-7,10H2. The molecule has 5 heteroatoms. The predicted octanol–water partition coefficient (Wildman–Crippen LogP) is 0.149. The molecule has 2 aliphatic rings. The van der Waals surface area contributed by atoms with Crippen LogP contribution in [-0.4, -0.2) is 37.6 Å². The number of rotatable bonds is 3. The first-order valence-electron chi connectivity index (χ1n) is 5.35. The molecule has 0 aromatic carbocycles. The van der Waals surface area contributed by atoms with Gasteiger partial charge >= 0.3 is 0 Å². The molecule has 0 radical (unpaired) electrons. The molecular formula is C9H18N2O2S. The van der Waals surface area contributed by atoms with Crippen LogP contribution in [0.1, 0.15) is 25.7 Å². The number of hydrogen-bond donors (Lipinski definition) is 1. The lowest BCUT2D eigenvalue weighted by atomic mass is 10.2. The van der Waals surface area contributed by atoms with Crippen molar-refractivity contribution in [2.45, 2.75) is 31.7 Å². The van der Waals surface area contributed by atoms with Crippen LogP contribution in [0.5, 0.6) is 0 Å². The van der Waals surface area contributed by atoms with E-state index in [1.165, 1.54) is 0 Å². The Morgan fingerprint density at radius 1 is 1.36 bits per heavy atom. The average Bonchev–Trinajstić information content (AvgIpc) is 2.92. The molecule has 2 N–H and O–H groups in total. The summed E-state index contributed by atoms with van der Waals surface area (Å²) in [6.07, 6.45) is 4.09. The molecular weight excluding hydrogens is 200 g/mol. The maximum absolute atomic E-state index is 11.8. The molecule has 1 heterocycles. The summed E-state index contributed by atoms with van der Waals surface area (Å²) in [7, 11) is -2.99. The lowest BCUT2D eigenvalue weighted by Crippen LogP contribution is -2.49. The van der Waals surface area contributed by atoms with Gasteiger partial charge in [-0.05, 0) is 31.6 Å². The lowest BCUT2D eigenvalue weighted by molar-refractivity contribution is 0.281. The predicted molar refractivity (Wildman–Crippen MR) is 55.3 cm³/mol. The Morgan fingerprint density at radius 2 is 2.07 bits per heavy atom. The summed E-state index contributed by atoms with van der Waals surface area (Å²) < 4.78 is 25.2. The van der Waals surface area contributed by atoms with E-state index in [4.69, 9.17) is 5.73 Å². The van der Waals surface area contributed by atoms with Gasteiger partial charge in [0.25, 0.3) is 0 Å². The molecule has 1 aliphatic carbocycles. The molecule has 0 amide bonds. The van der Waals surface area contributed by atoms with E-state index in [0.29, 0.717) is 24.8 Å². The van der Waals surface area contributed by atoms with Crippen LogP contribution in [0.15, 0.2) is 0 Å². The smallest absolute Gasteiger partial charge is 0.214 e. The minimum absolute atomic E-state index is 0.0836. The molecule has 1 unspecified atom stereocenters. The van der Waals surface area contributed by atoms with E-state index in [1.807, 2.05) is 0 Å². The van der Waals surface area contributed by atoms with Gasteiger partial charge in [0.05, 0.1) is 5.75 Å². The minimum Gasteiger partial charge on any atom is -0.329 e. The van der Waals surface area contributed by atoms with Gasteiger partial charge in [-0.2, -0.15) is 4.31 Å². The SMILES string of the molecule is NCC(C1CC1)N1CCCCS1(=O)=O. The summed E-state index contributed by atoms with van der Waals surface area (Å²) in [5.74, 6) is 0.851. The van der Waals surface area contributed by atoms with E-state index in [1.54, 1.807) is 4.31 Å². The summed E-state index contributed by atoms with van der Waals surface area (Å²) in [5, 5.41) is 0.